The van der Waals surface area contributed by atoms with Gasteiger partial charge in [0.05, 0.1) is 11.9 Å². The Hall–Kier alpha value is -1.89. The first-order chi connectivity index (χ1) is 10.8. The van der Waals surface area contributed by atoms with E-state index in [1.807, 2.05) is 31.2 Å². The Morgan fingerprint density at radius 3 is 3.05 bits per heavy atom. The number of ether oxygens (including phenoxy) is 1. The van der Waals surface area contributed by atoms with Crippen molar-refractivity contribution in [1.29, 1.82) is 0 Å². The molecular formula is C15H18N4O2S. The summed E-state index contributed by atoms with van der Waals surface area (Å²) in [6.07, 6.45) is 3.63. The lowest BCUT2D eigenvalue weighted by Crippen LogP contribution is -2.21. The first-order valence-corrected chi connectivity index (χ1v) is 8.37. The quantitative estimate of drug-likeness (QED) is 0.844. The average Bonchev–Trinajstić information content (AvgIpc) is 2.98. The van der Waals surface area contributed by atoms with Crippen LogP contribution in [-0.2, 0) is 4.79 Å². The number of thioether (sulfide) groups is 1. The third-order valence-corrected chi connectivity index (χ3v) is 4.83. The first kappa shape index (κ1) is 15.0. The van der Waals surface area contributed by atoms with Crippen LogP contribution in [0.1, 0.15) is 32.6 Å². The van der Waals surface area contributed by atoms with Crippen molar-refractivity contribution in [1.82, 2.24) is 20.2 Å². The molecule has 1 fully saturated rings. The standard InChI is InChI=1S/C15H18N4O2S/c1-2-21-13-9-5-3-7-11(13)19-15(16-17-18-19)22-14-10-6-4-8-12(14)20/h3,5,7,9,14H,2,4,6,8,10H2,1H3. The van der Waals surface area contributed by atoms with Gasteiger partial charge in [0.25, 0.3) is 0 Å². The van der Waals surface area contributed by atoms with Crippen LogP contribution < -0.4 is 4.74 Å². The van der Waals surface area contributed by atoms with E-state index in [9.17, 15) is 4.79 Å². The van der Waals surface area contributed by atoms with Gasteiger partial charge in [-0.15, -0.1) is 5.10 Å². The first-order valence-electron chi connectivity index (χ1n) is 7.49. The molecule has 0 aliphatic heterocycles. The molecule has 1 atom stereocenters. The van der Waals surface area contributed by atoms with Crippen molar-refractivity contribution in [3.05, 3.63) is 24.3 Å². The molecule has 1 aliphatic rings. The van der Waals surface area contributed by atoms with Crippen molar-refractivity contribution >= 4 is 17.5 Å². The van der Waals surface area contributed by atoms with Crippen LogP contribution in [-0.4, -0.2) is 37.8 Å². The van der Waals surface area contributed by atoms with E-state index in [1.165, 1.54) is 11.8 Å². The highest BCUT2D eigenvalue weighted by molar-refractivity contribution is 8.00. The number of rotatable bonds is 5. The molecule has 0 amide bonds. The van der Waals surface area contributed by atoms with Gasteiger partial charge in [-0.25, -0.2) is 0 Å². The number of hydrogen-bond donors (Lipinski definition) is 0. The molecule has 7 heteroatoms. The zero-order valence-electron chi connectivity index (χ0n) is 12.4. The molecule has 0 saturated heterocycles. The van der Waals surface area contributed by atoms with E-state index in [0.717, 1.165) is 30.7 Å². The van der Waals surface area contributed by atoms with E-state index in [2.05, 4.69) is 15.5 Å². The molecule has 0 bridgehead atoms. The minimum Gasteiger partial charge on any atom is -0.492 e. The molecule has 1 unspecified atom stereocenters. The summed E-state index contributed by atoms with van der Waals surface area (Å²) >= 11 is 1.45. The van der Waals surface area contributed by atoms with Crippen LogP contribution in [0.5, 0.6) is 5.75 Å². The Balaban J connectivity index is 1.87. The highest BCUT2D eigenvalue weighted by atomic mass is 32.2. The number of benzene rings is 1. The summed E-state index contributed by atoms with van der Waals surface area (Å²) in [6, 6.07) is 7.63. The van der Waals surface area contributed by atoms with E-state index in [4.69, 9.17) is 4.74 Å². The molecule has 1 aromatic carbocycles. The van der Waals surface area contributed by atoms with Crippen molar-refractivity contribution in [2.24, 2.45) is 0 Å². The number of carbonyl (C=O) groups excluding carboxylic acids is 1. The molecule has 2 aromatic rings. The number of Topliss-reactive ketones (excluding diaryl/α,β-unsaturated/α-hetero) is 1. The Bertz CT molecular complexity index is 658. The average molecular weight is 318 g/mol. The van der Waals surface area contributed by atoms with Gasteiger partial charge in [-0.3, -0.25) is 4.79 Å². The van der Waals surface area contributed by atoms with E-state index < -0.39 is 0 Å². The lowest BCUT2D eigenvalue weighted by atomic mass is 9.99. The summed E-state index contributed by atoms with van der Waals surface area (Å²) in [5, 5.41) is 12.5. The van der Waals surface area contributed by atoms with Crippen molar-refractivity contribution in [2.75, 3.05) is 6.61 Å². The van der Waals surface area contributed by atoms with Gasteiger partial charge in [-0.05, 0) is 42.3 Å². The van der Waals surface area contributed by atoms with Crippen LogP contribution in [0, 0.1) is 0 Å². The van der Waals surface area contributed by atoms with Gasteiger partial charge in [0, 0.05) is 6.42 Å². The molecule has 1 aromatic heterocycles. The second-order valence-corrected chi connectivity index (χ2v) is 6.26. The molecule has 22 heavy (non-hydrogen) atoms. The molecule has 3 rings (SSSR count). The summed E-state index contributed by atoms with van der Waals surface area (Å²) in [7, 11) is 0. The highest BCUT2D eigenvalue weighted by Gasteiger charge is 2.26. The third-order valence-electron chi connectivity index (χ3n) is 3.58. The maximum Gasteiger partial charge on any atom is 0.214 e. The Labute approximate surface area is 133 Å². The second-order valence-electron chi connectivity index (χ2n) is 5.09. The van der Waals surface area contributed by atoms with Gasteiger partial charge >= 0.3 is 0 Å². The molecule has 116 valence electrons. The molecule has 1 saturated carbocycles. The highest BCUT2D eigenvalue weighted by Crippen LogP contribution is 2.32. The third kappa shape index (κ3) is 3.14. The van der Waals surface area contributed by atoms with E-state index in [0.29, 0.717) is 24.0 Å². The van der Waals surface area contributed by atoms with Crippen LogP contribution in [0.4, 0.5) is 0 Å². The van der Waals surface area contributed by atoms with Crippen molar-refractivity contribution < 1.29 is 9.53 Å². The zero-order chi connectivity index (χ0) is 15.4. The fourth-order valence-corrected chi connectivity index (χ4v) is 3.62. The molecule has 1 heterocycles. The Morgan fingerprint density at radius 2 is 2.23 bits per heavy atom. The molecule has 0 radical (unpaired) electrons. The summed E-state index contributed by atoms with van der Waals surface area (Å²) in [5.41, 5.74) is 0.792. The Kier molecular flexibility index (Phi) is 4.72. The van der Waals surface area contributed by atoms with Gasteiger partial charge in [-0.2, -0.15) is 4.68 Å². The molecule has 6 nitrogen and oxygen atoms in total. The topological polar surface area (TPSA) is 69.9 Å². The smallest absolute Gasteiger partial charge is 0.214 e. The van der Waals surface area contributed by atoms with Crippen molar-refractivity contribution in [3.8, 4) is 11.4 Å². The zero-order valence-corrected chi connectivity index (χ0v) is 13.3. The van der Waals surface area contributed by atoms with Gasteiger partial charge in [0.2, 0.25) is 5.16 Å². The molecular weight excluding hydrogens is 300 g/mol. The maximum absolute atomic E-state index is 12.0. The lowest BCUT2D eigenvalue weighted by Gasteiger charge is -2.19. The number of para-hydroxylation sites is 2. The molecule has 0 spiro atoms. The van der Waals surface area contributed by atoms with E-state index in [1.54, 1.807) is 4.68 Å². The fraction of sp³-hybridized carbons (Fsp3) is 0.467. The Morgan fingerprint density at radius 1 is 1.36 bits per heavy atom. The number of ketones is 1. The lowest BCUT2D eigenvalue weighted by molar-refractivity contribution is -0.119. The summed E-state index contributed by atoms with van der Waals surface area (Å²) in [4.78, 5) is 12.0. The second kappa shape index (κ2) is 6.91. The minimum atomic E-state index is -0.0437. The summed E-state index contributed by atoms with van der Waals surface area (Å²) in [5.74, 6) is 1.03. The fourth-order valence-electron chi connectivity index (χ4n) is 2.52. The number of hydrogen-bond acceptors (Lipinski definition) is 6. The SMILES string of the molecule is CCOc1ccccc1-n1nnnc1SC1CCCCC1=O. The largest absolute Gasteiger partial charge is 0.492 e. The normalized spacial score (nSPS) is 18.4. The van der Waals surface area contributed by atoms with Gasteiger partial charge < -0.3 is 4.74 Å². The van der Waals surface area contributed by atoms with Crippen LogP contribution in [0.25, 0.3) is 5.69 Å². The van der Waals surface area contributed by atoms with Crippen molar-refractivity contribution in [2.45, 2.75) is 43.0 Å². The van der Waals surface area contributed by atoms with Gasteiger partial charge in [0.15, 0.2) is 0 Å². The number of tetrazole rings is 1. The number of nitrogens with zero attached hydrogens (tertiary/aromatic N) is 4. The molecule has 1 aliphatic carbocycles. The number of aromatic nitrogens is 4. The van der Waals surface area contributed by atoms with Crippen LogP contribution in [0.3, 0.4) is 0 Å². The summed E-state index contributed by atoms with van der Waals surface area (Å²) in [6.45, 7) is 2.51. The van der Waals surface area contributed by atoms with E-state index in [-0.39, 0.29) is 5.25 Å². The number of carbonyl (C=O) groups is 1. The predicted octanol–water partition coefficient (Wildman–Crippen LogP) is 2.66. The molecule has 0 N–H and O–H groups in total. The van der Waals surface area contributed by atoms with Gasteiger partial charge in [-0.1, -0.05) is 30.3 Å². The monoisotopic (exact) mass is 318 g/mol. The van der Waals surface area contributed by atoms with Crippen LogP contribution in [0.15, 0.2) is 29.4 Å². The maximum atomic E-state index is 12.0. The van der Waals surface area contributed by atoms with Gasteiger partial charge in [0.1, 0.15) is 17.2 Å². The minimum absolute atomic E-state index is 0.0437. The summed E-state index contributed by atoms with van der Waals surface area (Å²) < 4.78 is 7.28. The predicted molar refractivity (Wildman–Crippen MR) is 83.4 cm³/mol. The van der Waals surface area contributed by atoms with Crippen LogP contribution >= 0.6 is 11.8 Å². The van der Waals surface area contributed by atoms with Crippen molar-refractivity contribution in [3.63, 3.8) is 0 Å². The van der Waals surface area contributed by atoms with E-state index >= 15 is 0 Å². The van der Waals surface area contributed by atoms with Crippen LogP contribution in [0.2, 0.25) is 0 Å².